The lowest BCUT2D eigenvalue weighted by Crippen LogP contribution is -2.29. The number of methoxy groups -OCH3 is 1. The van der Waals surface area contributed by atoms with Gasteiger partial charge in [0, 0.05) is 25.7 Å². The molecule has 7 nitrogen and oxygen atoms in total. The number of ether oxygens (including phenoxy) is 2. The zero-order valence-corrected chi connectivity index (χ0v) is 15.2. The first kappa shape index (κ1) is 18.3. The Morgan fingerprint density at radius 3 is 2.52 bits per heavy atom. The number of carbonyl (C=O) groups excluding carboxylic acids is 1. The van der Waals surface area contributed by atoms with Gasteiger partial charge in [-0.2, -0.15) is 0 Å². The van der Waals surface area contributed by atoms with Crippen LogP contribution in [0.3, 0.4) is 0 Å². The Morgan fingerprint density at radius 1 is 1.19 bits per heavy atom. The van der Waals surface area contributed by atoms with Crippen LogP contribution in [-0.2, 0) is 0 Å². The van der Waals surface area contributed by atoms with Gasteiger partial charge < -0.3 is 23.9 Å². The Hall–Kier alpha value is -3.48. The molecule has 0 aliphatic heterocycles. The zero-order valence-electron chi connectivity index (χ0n) is 15.2. The second kappa shape index (κ2) is 7.41. The number of phenols is 1. The predicted molar refractivity (Wildman–Crippen MR) is 100 cm³/mol. The fourth-order valence-electron chi connectivity index (χ4n) is 2.54. The first-order valence-electron chi connectivity index (χ1n) is 8.30. The molecule has 0 saturated heterocycles. The monoisotopic (exact) mass is 369 g/mol. The van der Waals surface area contributed by atoms with E-state index in [1.165, 1.54) is 23.3 Å². The Kier molecular flexibility index (Phi) is 5.03. The number of phenolic OH excluding ortho intramolecular Hbond substituents is 1. The van der Waals surface area contributed by atoms with E-state index in [1.807, 2.05) is 0 Å². The van der Waals surface area contributed by atoms with E-state index in [1.54, 1.807) is 45.3 Å². The number of fused-ring (bicyclic) bond motifs is 1. The van der Waals surface area contributed by atoms with Crippen LogP contribution < -0.4 is 14.9 Å². The maximum absolute atomic E-state index is 12.8. The van der Waals surface area contributed by atoms with E-state index in [0.29, 0.717) is 23.4 Å². The molecule has 2 aromatic carbocycles. The lowest BCUT2D eigenvalue weighted by atomic mass is 10.0. The van der Waals surface area contributed by atoms with E-state index in [2.05, 4.69) is 0 Å². The molecule has 27 heavy (non-hydrogen) atoms. The van der Waals surface area contributed by atoms with Crippen molar-refractivity contribution >= 4 is 17.1 Å². The van der Waals surface area contributed by atoms with Crippen LogP contribution in [0.4, 0.5) is 4.79 Å². The molecule has 1 heterocycles. The third-order valence-electron chi connectivity index (χ3n) is 4.22. The summed E-state index contributed by atoms with van der Waals surface area (Å²) in [7, 11) is 3.14. The van der Waals surface area contributed by atoms with Gasteiger partial charge in [0.15, 0.2) is 0 Å². The average Bonchev–Trinajstić information content (AvgIpc) is 2.67. The number of carbonyl (C=O) groups is 1. The molecule has 1 N–H and O–H groups in total. The van der Waals surface area contributed by atoms with Gasteiger partial charge in [0.2, 0.25) is 5.43 Å². The standard InChI is InChI=1S/C20H19NO6/c1-4-21(2)20(24)27-14-9-16(22)18-17(10-14)26-11-15(19(18)23)12-5-7-13(25-3)8-6-12/h5-11,22H,4H2,1-3H3. The lowest BCUT2D eigenvalue weighted by molar-refractivity contribution is 0.165. The number of aromatic hydroxyl groups is 1. The van der Waals surface area contributed by atoms with Crippen molar-refractivity contribution in [2.45, 2.75) is 6.92 Å². The van der Waals surface area contributed by atoms with Crippen molar-refractivity contribution in [3.8, 4) is 28.4 Å². The Labute approximate surface area is 155 Å². The van der Waals surface area contributed by atoms with Gasteiger partial charge >= 0.3 is 6.09 Å². The Bertz CT molecular complexity index is 1040. The van der Waals surface area contributed by atoms with Gasteiger partial charge in [-0.15, -0.1) is 0 Å². The van der Waals surface area contributed by atoms with Crippen LogP contribution in [-0.4, -0.2) is 36.8 Å². The molecule has 1 amide bonds. The maximum atomic E-state index is 12.8. The van der Waals surface area contributed by atoms with Crippen LogP contribution in [0.2, 0.25) is 0 Å². The van der Waals surface area contributed by atoms with E-state index in [-0.39, 0.29) is 27.9 Å². The van der Waals surface area contributed by atoms with Gasteiger partial charge in [-0.25, -0.2) is 4.79 Å². The molecule has 3 aromatic rings. The van der Waals surface area contributed by atoms with Crippen molar-refractivity contribution < 1.29 is 23.8 Å². The Morgan fingerprint density at radius 2 is 1.89 bits per heavy atom. The number of benzene rings is 2. The number of hydrogen-bond donors (Lipinski definition) is 1. The molecular formula is C20H19NO6. The summed E-state index contributed by atoms with van der Waals surface area (Å²) in [6, 6.07) is 9.53. The van der Waals surface area contributed by atoms with Crippen molar-refractivity contribution in [3.05, 3.63) is 52.9 Å². The van der Waals surface area contributed by atoms with Gasteiger partial charge in [-0.05, 0) is 24.6 Å². The minimum Gasteiger partial charge on any atom is -0.507 e. The minimum atomic E-state index is -0.576. The largest absolute Gasteiger partial charge is 0.507 e. The van der Waals surface area contributed by atoms with Gasteiger partial charge in [0.25, 0.3) is 0 Å². The first-order valence-corrected chi connectivity index (χ1v) is 8.30. The lowest BCUT2D eigenvalue weighted by Gasteiger charge is -2.14. The topological polar surface area (TPSA) is 89.2 Å². The molecule has 0 unspecified atom stereocenters. The van der Waals surface area contributed by atoms with E-state index >= 15 is 0 Å². The molecule has 0 spiro atoms. The summed E-state index contributed by atoms with van der Waals surface area (Å²) in [6.07, 6.45) is 0.740. The summed E-state index contributed by atoms with van der Waals surface area (Å²) >= 11 is 0. The van der Waals surface area contributed by atoms with E-state index in [4.69, 9.17) is 13.9 Å². The summed E-state index contributed by atoms with van der Waals surface area (Å²) in [4.78, 5) is 26.1. The fourth-order valence-corrected chi connectivity index (χ4v) is 2.54. The van der Waals surface area contributed by atoms with E-state index in [9.17, 15) is 14.7 Å². The quantitative estimate of drug-likeness (QED) is 0.755. The number of rotatable bonds is 4. The molecular weight excluding hydrogens is 350 g/mol. The molecule has 140 valence electrons. The molecule has 1 aromatic heterocycles. The highest BCUT2D eigenvalue weighted by Crippen LogP contribution is 2.31. The normalized spacial score (nSPS) is 10.6. The summed E-state index contributed by atoms with van der Waals surface area (Å²) in [5.41, 5.74) is 0.670. The predicted octanol–water partition coefficient (Wildman–Crippen LogP) is 3.62. The summed E-state index contributed by atoms with van der Waals surface area (Å²) in [5.74, 6) is 0.430. The highest BCUT2D eigenvalue weighted by Gasteiger charge is 2.17. The van der Waals surface area contributed by atoms with Gasteiger partial charge in [0.1, 0.15) is 34.5 Å². The third-order valence-corrected chi connectivity index (χ3v) is 4.22. The number of nitrogens with zero attached hydrogens (tertiary/aromatic N) is 1. The SMILES string of the molecule is CCN(C)C(=O)Oc1cc(O)c2c(=O)c(-c3ccc(OC)cc3)coc2c1. The van der Waals surface area contributed by atoms with Crippen LogP contribution in [0.5, 0.6) is 17.2 Å². The van der Waals surface area contributed by atoms with Crippen LogP contribution >= 0.6 is 0 Å². The molecule has 0 fully saturated rings. The van der Waals surface area contributed by atoms with Gasteiger partial charge in [-0.1, -0.05) is 12.1 Å². The fraction of sp³-hybridized carbons (Fsp3) is 0.200. The number of hydrogen-bond acceptors (Lipinski definition) is 6. The summed E-state index contributed by atoms with van der Waals surface area (Å²) in [5, 5.41) is 10.3. The smallest absolute Gasteiger partial charge is 0.414 e. The second-order valence-corrected chi connectivity index (χ2v) is 5.90. The van der Waals surface area contributed by atoms with Crippen molar-refractivity contribution in [2.24, 2.45) is 0 Å². The van der Waals surface area contributed by atoms with Crippen molar-refractivity contribution in [1.29, 1.82) is 0 Å². The molecule has 7 heteroatoms. The van der Waals surface area contributed by atoms with Crippen molar-refractivity contribution in [3.63, 3.8) is 0 Å². The average molecular weight is 369 g/mol. The molecule has 0 atom stereocenters. The van der Waals surface area contributed by atoms with Crippen molar-refractivity contribution in [1.82, 2.24) is 4.90 Å². The molecule has 0 aliphatic rings. The van der Waals surface area contributed by atoms with Crippen LogP contribution in [0.15, 0.2) is 51.9 Å². The molecule has 0 bridgehead atoms. The highest BCUT2D eigenvalue weighted by atomic mass is 16.6. The van der Waals surface area contributed by atoms with E-state index in [0.717, 1.165) is 0 Å². The summed E-state index contributed by atoms with van der Waals surface area (Å²) in [6.45, 7) is 2.28. The maximum Gasteiger partial charge on any atom is 0.414 e. The molecule has 0 radical (unpaired) electrons. The summed E-state index contributed by atoms with van der Waals surface area (Å²) < 4.78 is 15.8. The molecule has 0 saturated carbocycles. The van der Waals surface area contributed by atoms with Crippen LogP contribution in [0.25, 0.3) is 22.1 Å². The van der Waals surface area contributed by atoms with Crippen LogP contribution in [0.1, 0.15) is 6.92 Å². The molecule has 0 aliphatic carbocycles. The van der Waals surface area contributed by atoms with Gasteiger partial charge in [0.05, 0.1) is 12.7 Å². The minimum absolute atomic E-state index is 0.0203. The van der Waals surface area contributed by atoms with Crippen LogP contribution in [0, 0.1) is 0 Å². The Balaban J connectivity index is 2.03. The second-order valence-electron chi connectivity index (χ2n) is 5.90. The van der Waals surface area contributed by atoms with Gasteiger partial charge in [-0.3, -0.25) is 4.79 Å². The van der Waals surface area contributed by atoms with Crippen molar-refractivity contribution in [2.75, 3.05) is 20.7 Å². The molecule has 3 rings (SSSR count). The highest BCUT2D eigenvalue weighted by molar-refractivity contribution is 5.88. The first-order chi connectivity index (χ1) is 12.9. The zero-order chi connectivity index (χ0) is 19.6. The number of amides is 1. The third kappa shape index (κ3) is 3.57. The van der Waals surface area contributed by atoms with E-state index < -0.39 is 6.09 Å².